The number of nitrogens with one attached hydrogen (secondary N) is 1. The van der Waals surface area contributed by atoms with Gasteiger partial charge in [-0.05, 0) is 45.2 Å². The number of rotatable bonds is 4. The van der Waals surface area contributed by atoms with Crippen LogP contribution >= 0.6 is 0 Å². The van der Waals surface area contributed by atoms with E-state index in [0.717, 1.165) is 51.5 Å². The SMILES string of the molecule is CC(C)CCN1CCN(C(=O)C2CCNC(C)C2)CC1. The molecule has 2 atom stereocenters. The Hall–Kier alpha value is -0.610. The van der Waals surface area contributed by atoms with Gasteiger partial charge in [0.1, 0.15) is 0 Å². The van der Waals surface area contributed by atoms with Crippen molar-refractivity contribution in [3.8, 4) is 0 Å². The largest absolute Gasteiger partial charge is 0.340 e. The summed E-state index contributed by atoms with van der Waals surface area (Å²) in [5.74, 6) is 1.43. The molecule has 4 heteroatoms. The van der Waals surface area contributed by atoms with Crippen molar-refractivity contribution in [2.24, 2.45) is 11.8 Å². The van der Waals surface area contributed by atoms with E-state index < -0.39 is 0 Å². The molecule has 2 heterocycles. The molecule has 0 aromatic rings. The van der Waals surface area contributed by atoms with Crippen molar-refractivity contribution in [3.05, 3.63) is 0 Å². The van der Waals surface area contributed by atoms with Gasteiger partial charge in [-0.2, -0.15) is 0 Å². The van der Waals surface area contributed by atoms with Gasteiger partial charge < -0.3 is 10.2 Å². The van der Waals surface area contributed by atoms with E-state index in [1.165, 1.54) is 13.0 Å². The molecule has 20 heavy (non-hydrogen) atoms. The zero-order valence-electron chi connectivity index (χ0n) is 13.4. The van der Waals surface area contributed by atoms with Gasteiger partial charge in [-0.15, -0.1) is 0 Å². The Labute approximate surface area is 123 Å². The van der Waals surface area contributed by atoms with Crippen LogP contribution in [0.2, 0.25) is 0 Å². The molecule has 1 N–H and O–H groups in total. The number of carbonyl (C=O) groups excluding carboxylic acids is 1. The number of nitrogens with zero attached hydrogens (tertiary/aromatic N) is 2. The molecule has 4 nitrogen and oxygen atoms in total. The van der Waals surface area contributed by atoms with Crippen LogP contribution in [-0.4, -0.2) is 61.0 Å². The van der Waals surface area contributed by atoms with E-state index in [1.54, 1.807) is 0 Å². The average molecular weight is 281 g/mol. The van der Waals surface area contributed by atoms with Crippen molar-refractivity contribution >= 4 is 5.91 Å². The van der Waals surface area contributed by atoms with Crippen LogP contribution in [0.25, 0.3) is 0 Å². The van der Waals surface area contributed by atoms with E-state index >= 15 is 0 Å². The molecule has 2 aliphatic heterocycles. The highest BCUT2D eigenvalue weighted by molar-refractivity contribution is 5.79. The Morgan fingerprint density at radius 3 is 2.55 bits per heavy atom. The third-order valence-electron chi connectivity index (χ3n) is 4.68. The summed E-state index contributed by atoms with van der Waals surface area (Å²) in [6, 6.07) is 0.491. The molecule has 116 valence electrons. The Balaban J connectivity index is 1.74. The summed E-state index contributed by atoms with van der Waals surface area (Å²) < 4.78 is 0. The quantitative estimate of drug-likeness (QED) is 0.849. The molecule has 0 aliphatic carbocycles. The van der Waals surface area contributed by atoms with Crippen molar-refractivity contribution in [1.82, 2.24) is 15.1 Å². The third-order valence-corrected chi connectivity index (χ3v) is 4.68. The molecule has 2 aliphatic rings. The van der Waals surface area contributed by atoms with E-state index in [0.29, 0.717) is 11.9 Å². The smallest absolute Gasteiger partial charge is 0.225 e. The average Bonchev–Trinajstić information content (AvgIpc) is 2.45. The third kappa shape index (κ3) is 4.45. The van der Waals surface area contributed by atoms with Gasteiger partial charge in [-0.3, -0.25) is 9.69 Å². The summed E-state index contributed by atoms with van der Waals surface area (Å²) in [6.07, 6.45) is 3.28. The van der Waals surface area contributed by atoms with Gasteiger partial charge in [-0.1, -0.05) is 13.8 Å². The van der Waals surface area contributed by atoms with Crippen molar-refractivity contribution in [1.29, 1.82) is 0 Å². The number of hydrogen-bond donors (Lipinski definition) is 1. The van der Waals surface area contributed by atoms with Gasteiger partial charge in [0.2, 0.25) is 5.91 Å². The number of piperidine rings is 1. The maximum absolute atomic E-state index is 12.6. The van der Waals surface area contributed by atoms with Crippen molar-refractivity contribution in [2.75, 3.05) is 39.3 Å². The molecule has 0 aromatic heterocycles. The first kappa shape index (κ1) is 15.8. The highest BCUT2D eigenvalue weighted by atomic mass is 16.2. The standard InChI is InChI=1S/C16H31N3O/c1-13(2)5-7-18-8-10-19(11-9-18)16(20)15-4-6-17-14(3)12-15/h13-15,17H,4-12H2,1-3H3. The molecule has 2 saturated heterocycles. The fourth-order valence-electron chi connectivity index (χ4n) is 3.25. The molecule has 0 spiro atoms. The molecule has 0 aromatic carbocycles. The summed E-state index contributed by atoms with van der Waals surface area (Å²) in [5.41, 5.74) is 0. The van der Waals surface area contributed by atoms with Crippen LogP contribution in [0.4, 0.5) is 0 Å². The molecule has 1 amide bonds. The van der Waals surface area contributed by atoms with Crippen LogP contribution in [0, 0.1) is 11.8 Å². The maximum Gasteiger partial charge on any atom is 0.225 e. The first-order valence-corrected chi connectivity index (χ1v) is 8.30. The highest BCUT2D eigenvalue weighted by Crippen LogP contribution is 2.19. The van der Waals surface area contributed by atoms with Gasteiger partial charge in [-0.25, -0.2) is 0 Å². The van der Waals surface area contributed by atoms with Crippen molar-refractivity contribution in [2.45, 2.75) is 46.1 Å². The Kier molecular flexibility index (Phi) is 5.85. The van der Waals surface area contributed by atoms with Crippen LogP contribution in [-0.2, 0) is 4.79 Å². The molecule has 2 fully saturated rings. The molecule has 0 radical (unpaired) electrons. The van der Waals surface area contributed by atoms with Crippen LogP contribution in [0.5, 0.6) is 0 Å². The lowest BCUT2D eigenvalue weighted by Gasteiger charge is -2.38. The molecule has 2 unspecified atom stereocenters. The lowest BCUT2D eigenvalue weighted by molar-refractivity contribution is -0.138. The second-order valence-electron chi connectivity index (χ2n) is 6.93. The fourth-order valence-corrected chi connectivity index (χ4v) is 3.25. The monoisotopic (exact) mass is 281 g/mol. The summed E-state index contributed by atoms with van der Waals surface area (Å²) >= 11 is 0. The predicted molar refractivity (Wildman–Crippen MR) is 82.7 cm³/mol. The first-order chi connectivity index (χ1) is 9.56. The molecular formula is C16H31N3O. The topological polar surface area (TPSA) is 35.6 Å². The summed E-state index contributed by atoms with van der Waals surface area (Å²) in [7, 11) is 0. The van der Waals surface area contributed by atoms with Gasteiger partial charge in [0.15, 0.2) is 0 Å². The Morgan fingerprint density at radius 1 is 1.25 bits per heavy atom. The molecule has 2 rings (SSSR count). The van der Waals surface area contributed by atoms with Crippen LogP contribution in [0.1, 0.15) is 40.0 Å². The van der Waals surface area contributed by atoms with Crippen molar-refractivity contribution in [3.63, 3.8) is 0 Å². The van der Waals surface area contributed by atoms with E-state index in [9.17, 15) is 4.79 Å². The summed E-state index contributed by atoms with van der Waals surface area (Å²) in [6.45, 7) is 12.9. The van der Waals surface area contributed by atoms with Crippen LogP contribution in [0.3, 0.4) is 0 Å². The minimum absolute atomic E-state index is 0.258. The zero-order chi connectivity index (χ0) is 14.5. The number of amides is 1. The van der Waals surface area contributed by atoms with Gasteiger partial charge >= 0.3 is 0 Å². The van der Waals surface area contributed by atoms with Crippen molar-refractivity contribution < 1.29 is 4.79 Å². The molecule has 0 bridgehead atoms. The second-order valence-corrected chi connectivity index (χ2v) is 6.93. The van der Waals surface area contributed by atoms with Gasteiger partial charge in [0, 0.05) is 38.1 Å². The first-order valence-electron chi connectivity index (χ1n) is 8.30. The number of piperazine rings is 1. The van der Waals surface area contributed by atoms with Gasteiger partial charge in [0.05, 0.1) is 0 Å². The normalized spacial score (nSPS) is 28.9. The maximum atomic E-state index is 12.6. The van der Waals surface area contributed by atoms with E-state index in [2.05, 4.69) is 35.9 Å². The lowest BCUT2D eigenvalue weighted by atomic mass is 9.92. The zero-order valence-corrected chi connectivity index (χ0v) is 13.4. The molecule has 0 saturated carbocycles. The van der Waals surface area contributed by atoms with E-state index in [4.69, 9.17) is 0 Å². The van der Waals surface area contributed by atoms with Crippen LogP contribution < -0.4 is 5.32 Å². The lowest BCUT2D eigenvalue weighted by Crippen LogP contribution is -2.52. The van der Waals surface area contributed by atoms with Gasteiger partial charge in [0.25, 0.3) is 0 Å². The minimum Gasteiger partial charge on any atom is -0.340 e. The fraction of sp³-hybridized carbons (Fsp3) is 0.938. The molecular weight excluding hydrogens is 250 g/mol. The van der Waals surface area contributed by atoms with E-state index in [1.807, 2.05) is 0 Å². The number of carbonyl (C=O) groups is 1. The highest BCUT2D eigenvalue weighted by Gasteiger charge is 2.30. The Bertz CT molecular complexity index is 311. The Morgan fingerprint density at radius 2 is 1.95 bits per heavy atom. The number of hydrogen-bond acceptors (Lipinski definition) is 3. The van der Waals surface area contributed by atoms with Crippen LogP contribution in [0.15, 0.2) is 0 Å². The summed E-state index contributed by atoms with van der Waals surface area (Å²) in [4.78, 5) is 17.2. The minimum atomic E-state index is 0.258. The van der Waals surface area contributed by atoms with E-state index in [-0.39, 0.29) is 5.92 Å². The second kappa shape index (κ2) is 7.41. The summed E-state index contributed by atoms with van der Waals surface area (Å²) in [5, 5.41) is 3.43. The predicted octanol–water partition coefficient (Wildman–Crippen LogP) is 1.56.